The summed E-state index contributed by atoms with van der Waals surface area (Å²) < 4.78 is 24.0. The average Bonchev–Trinajstić information content (AvgIpc) is 2.58. The number of morpholine rings is 1. The van der Waals surface area contributed by atoms with Crippen LogP contribution in [0.1, 0.15) is 13.3 Å². The van der Waals surface area contributed by atoms with E-state index >= 15 is 0 Å². The van der Waals surface area contributed by atoms with Crippen LogP contribution in [0.15, 0.2) is 29.3 Å². The van der Waals surface area contributed by atoms with E-state index in [1.165, 1.54) is 12.1 Å². The standard InChI is InChI=1S/C17H27FN4O2/c1-14(24-16-5-2-4-15(18)12-16)13-21-17(19)20-6-3-7-22-8-10-23-11-9-22/h2,4-5,12,14H,3,6-11,13H2,1H3,(H3,19,20,21). The molecule has 0 saturated carbocycles. The van der Waals surface area contributed by atoms with E-state index in [1.807, 2.05) is 6.92 Å². The minimum atomic E-state index is -0.315. The van der Waals surface area contributed by atoms with Crippen LogP contribution in [0, 0.1) is 5.82 Å². The molecule has 24 heavy (non-hydrogen) atoms. The van der Waals surface area contributed by atoms with Gasteiger partial charge in [-0.05, 0) is 32.0 Å². The summed E-state index contributed by atoms with van der Waals surface area (Å²) in [7, 11) is 0. The predicted molar refractivity (Wildman–Crippen MR) is 92.9 cm³/mol. The van der Waals surface area contributed by atoms with Gasteiger partial charge in [0.2, 0.25) is 0 Å². The molecule has 0 aliphatic carbocycles. The molecule has 1 unspecified atom stereocenters. The summed E-state index contributed by atoms with van der Waals surface area (Å²) in [5, 5.41) is 3.10. The number of nitrogens with zero attached hydrogens (tertiary/aromatic N) is 2. The van der Waals surface area contributed by atoms with Crippen molar-refractivity contribution in [2.45, 2.75) is 19.4 Å². The zero-order valence-corrected chi connectivity index (χ0v) is 14.2. The first kappa shape index (κ1) is 18.5. The van der Waals surface area contributed by atoms with Gasteiger partial charge in [0.1, 0.15) is 17.7 Å². The summed E-state index contributed by atoms with van der Waals surface area (Å²) in [4.78, 5) is 6.64. The molecule has 1 aliphatic heterocycles. The van der Waals surface area contributed by atoms with Crippen LogP contribution in [0.3, 0.4) is 0 Å². The van der Waals surface area contributed by atoms with Crippen LogP contribution in [0.4, 0.5) is 4.39 Å². The highest BCUT2D eigenvalue weighted by molar-refractivity contribution is 5.77. The van der Waals surface area contributed by atoms with Crippen molar-refractivity contribution >= 4 is 5.96 Å². The first-order chi connectivity index (χ1) is 11.6. The van der Waals surface area contributed by atoms with Crippen molar-refractivity contribution in [3.63, 3.8) is 0 Å². The lowest BCUT2D eigenvalue weighted by atomic mass is 10.3. The highest BCUT2D eigenvalue weighted by atomic mass is 19.1. The predicted octanol–water partition coefficient (Wildman–Crippen LogP) is 1.22. The molecule has 1 aromatic carbocycles. The molecule has 0 amide bonds. The molecule has 0 bridgehead atoms. The van der Waals surface area contributed by atoms with Crippen LogP contribution in [0.25, 0.3) is 0 Å². The summed E-state index contributed by atoms with van der Waals surface area (Å²) in [6.45, 7) is 7.74. The number of ether oxygens (including phenoxy) is 2. The minimum Gasteiger partial charge on any atom is -0.489 e. The van der Waals surface area contributed by atoms with Crippen molar-refractivity contribution in [1.29, 1.82) is 0 Å². The topological polar surface area (TPSA) is 72.1 Å². The SMILES string of the molecule is CC(CN=C(N)NCCCN1CCOCC1)Oc1cccc(F)c1. The molecule has 2 rings (SSSR count). The molecule has 1 atom stereocenters. The average molecular weight is 338 g/mol. The van der Waals surface area contributed by atoms with Crippen molar-refractivity contribution in [1.82, 2.24) is 10.2 Å². The van der Waals surface area contributed by atoms with Gasteiger partial charge < -0.3 is 20.5 Å². The third-order valence-corrected chi connectivity index (χ3v) is 3.71. The summed E-state index contributed by atoms with van der Waals surface area (Å²) >= 11 is 0. The zero-order valence-electron chi connectivity index (χ0n) is 14.2. The van der Waals surface area contributed by atoms with E-state index in [-0.39, 0.29) is 11.9 Å². The van der Waals surface area contributed by atoms with Gasteiger partial charge in [-0.1, -0.05) is 6.07 Å². The number of guanidine groups is 1. The van der Waals surface area contributed by atoms with E-state index in [1.54, 1.807) is 12.1 Å². The van der Waals surface area contributed by atoms with Crippen LogP contribution in [0.2, 0.25) is 0 Å². The summed E-state index contributed by atoms with van der Waals surface area (Å²) in [5.74, 6) is 0.589. The highest BCUT2D eigenvalue weighted by Crippen LogP contribution is 2.13. The second kappa shape index (κ2) is 10.1. The number of benzene rings is 1. The molecule has 1 heterocycles. The van der Waals surface area contributed by atoms with Crippen molar-refractivity contribution in [3.8, 4) is 5.75 Å². The Kier molecular flexibility index (Phi) is 7.77. The van der Waals surface area contributed by atoms with Gasteiger partial charge in [0, 0.05) is 25.7 Å². The monoisotopic (exact) mass is 338 g/mol. The Bertz CT molecular complexity index is 521. The quantitative estimate of drug-likeness (QED) is 0.424. The van der Waals surface area contributed by atoms with Gasteiger partial charge >= 0.3 is 0 Å². The van der Waals surface area contributed by atoms with Crippen LogP contribution in [0.5, 0.6) is 5.75 Å². The molecule has 1 aromatic rings. The van der Waals surface area contributed by atoms with Gasteiger partial charge in [0.25, 0.3) is 0 Å². The van der Waals surface area contributed by atoms with Crippen LogP contribution < -0.4 is 15.8 Å². The van der Waals surface area contributed by atoms with Crippen molar-refractivity contribution in [2.24, 2.45) is 10.7 Å². The van der Waals surface area contributed by atoms with E-state index in [4.69, 9.17) is 15.2 Å². The first-order valence-electron chi connectivity index (χ1n) is 8.39. The molecule has 0 radical (unpaired) electrons. The number of hydrogen-bond acceptors (Lipinski definition) is 4. The lowest BCUT2D eigenvalue weighted by molar-refractivity contribution is 0.0376. The molecule has 3 N–H and O–H groups in total. The molecule has 1 saturated heterocycles. The van der Waals surface area contributed by atoms with E-state index in [2.05, 4.69) is 15.2 Å². The fourth-order valence-electron chi connectivity index (χ4n) is 2.44. The third-order valence-electron chi connectivity index (χ3n) is 3.71. The summed E-state index contributed by atoms with van der Waals surface area (Å²) in [5.41, 5.74) is 5.85. The number of aliphatic imine (C=N–C) groups is 1. The second-order valence-electron chi connectivity index (χ2n) is 5.85. The van der Waals surface area contributed by atoms with E-state index in [0.717, 1.165) is 45.8 Å². The number of nitrogens with one attached hydrogen (secondary N) is 1. The number of hydrogen-bond donors (Lipinski definition) is 2. The third kappa shape index (κ3) is 7.14. The van der Waals surface area contributed by atoms with Crippen LogP contribution >= 0.6 is 0 Å². The number of rotatable bonds is 8. The Morgan fingerprint density at radius 2 is 2.25 bits per heavy atom. The Hall–Kier alpha value is -1.86. The molecule has 6 nitrogen and oxygen atoms in total. The van der Waals surface area contributed by atoms with E-state index in [9.17, 15) is 4.39 Å². The van der Waals surface area contributed by atoms with E-state index < -0.39 is 0 Å². The maximum atomic E-state index is 13.1. The molecule has 0 spiro atoms. The first-order valence-corrected chi connectivity index (χ1v) is 8.39. The lowest BCUT2D eigenvalue weighted by Gasteiger charge is -2.26. The molecule has 0 aromatic heterocycles. The summed E-state index contributed by atoms with van der Waals surface area (Å²) in [6, 6.07) is 6.07. The summed E-state index contributed by atoms with van der Waals surface area (Å²) in [6.07, 6.45) is 0.825. The largest absolute Gasteiger partial charge is 0.489 e. The van der Waals surface area contributed by atoms with Gasteiger partial charge in [-0.2, -0.15) is 0 Å². The number of nitrogens with two attached hydrogens (primary N) is 1. The Labute approximate surface area is 142 Å². The molecule has 134 valence electrons. The van der Waals surface area contributed by atoms with Gasteiger partial charge in [0.15, 0.2) is 5.96 Å². The fourth-order valence-corrected chi connectivity index (χ4v) is 2.44. The van der Waals surface area contributed by atoms with Crippen molar-refractivity contribution in [3.05, 3.63) is 30.1 Å². The molecule has 1 fully saturated rings. The molecular formula is C17H27FN4O2. The molecule has 1 aliphatic rings. The zero-order chi connectivity index (χ0) is 17.2. The highest BCUT2D eigenvalue weighted by Gasteiger charge is 2.09. The van der Waals surface area contributed by atoms with Gasteiger partial charge in [-0.25, -0.2) is 9.38 Å². The molecule has 7 heteroatoms. The van der Waals surface area contributed by atoms with Gasteiger partial charge in [0.05, 0.1) is 19.8 Å². The normalized spacial score (nSPS) is 17.5. The Morgan fingerprint density at radius 3 is 3.00 bits per heavy atom. The maximum Gasteiger partial charge on any atom is 0.188 e. The van der Waals surface area contributed by atoms with Crippen molar-refractivity contribution < 1.29 is 13.9 Å². The van der Waals surface area contributed by atoms with Crippen LogP contribution in [-0.2, 0) is 4.74 Å². The van der Waals surface area contributed by atoms with Gasteiger partial charge in [-0.15, -0.1) is 0 Å². The Morgan fingerprint density at radius 1 is 1.46 bits per heavy atom. The smallest absolute Gasteiger partial charge is 0.188 e. The maximum absolute atomic E-state index is 13.1. The van der Waals surface area contributed by atoms with Gasteiger partial charge in [-0.3, -0.25) is 4.90 Å². The molecular weight excluding hydrogens is 311 g/mol. The van der Waals surface area contributed by atoms with E-state index in [0.29, 0.717) is 18.3 Å². The number of halogens is 1. The lowest BCUT2D eigenvalue weighted by Crippen LogP contribution is -2.39. The Balaban J connectivity index is 1.60. The van der Waals surface area contributed by atoms with Crippen molar-refractivity contribution in [2.75, 3.05) is 45.9 Å². The van der Waals surface area contributed by atoms with Crippen LogP contribution in [-0.4, -0.2) is 62.9 Å². The second-order valence-corrected chi connectivity index (χ2v) is 5.85. The fraction of sp³-hybridized carbons (Fsp3) is 0.588. The minimum absolute atomic E-state index is 0.180.